The van der Waals surface area contributed by atoms with Crippen molar-refractivity contribution in [3.8, 4) is 5.75 Å². The lowest BCUT2D eigenvalue weighted by atomic mass is 10.2. The molecule has 0 saturated heterocycles. The SMILES string of the molecule is CCc1ccc(OCc2nnc(SCc3csc(NC(C)=O)n3)n2CC(C)C)cc1. The largest absolute Gasteiger partial charge is 0.486 e. The number of ether oxygens (including phenoxy) is 1. The van der Waals surface area contributed by atoms with Crippen LogP contribution in [0.15, 0.2) is 34.8 Å². The van der Waals surface area contributed by atoms with Gasteiger partial charge in [0.1, 0.15) is 12.4 Å². The fourth-order valence-electron chi connectivity index (χ4n) is 2.77. The van der Waals surface area contributed by atoms with E-state index in [9.17, 15) is 4.79 Å². The Morgan fingerprint density at radius 3 is 2.70 bits per heavy atom. The molecule has 0 aliphatic carbocycles. The second-order valence-electron chi connectivity index (χ2n) is 7.30. The second kappa shape index (κ2) is 10.6. The molecular formula is C21H27N5O2S2. The van der Waals surface area contributed by atoms with E-state index in [1.54, 1.807) is 11.8 Å². The van der Waals surface area contributed by atoms with Crippen molar-refractivity contribution in [1.29, 1.82) is 0 Å². The number of hydrogen-bond acceptors (Lipinski definition) is 7. The molecule has 0 unspecified atom stereocenters. The third-order valence-electron chi connectivity index (χ3n) is 4.22. The molecule has 0 bridgehead atoms. The minimum absolute atomic E-state index is 0.116. The van der Waals surface area contributed by atoms with Crippen molar-refractivity contribution in [2.45, 2.75) is 58.2 Å². The van der Waals surface area contributed by atoms with Crippen LogP contribution in [0.2, 0.25) is 0 Å². The number of hydrogen-bond donors (Lipinski definition) is 1. The minimum atomic E-state index is -0.116. The monoisotopic (exact) mass is 445 g/mol. The Morgan fingerprint density at radius 1 is 1.27 bits per heavy atom. The number of amides is 1. The van der Waals surface area contributed by atoms with Crippen molar-refractivity contribution < 1.29 is 9.53 Å². The number of rotatable bonds is 10. The molecule has 0 atom stereocenters. The molecule has 9 heteroatoms. The quantitative estimate of drug-likeness (QED) is 0.452. The number of carbonyl (C=O) groups excluding carboxylic acids is 1. The van der Waals surface area contributed by atoms with Gasteiger partial charge in [0.2, 0.25) is 5.91 Å². The number of benzene rings is 1. The van der Waals surface area contributed by atoms with Crippen LogP contribution in [-0.2, 0) is 30.1 Å². The van der Waals surface area contributed by atoms with Gasteiger partial charge >= 0.3 is 0 Å². The highest BCUT2D eigenvalue weighted by Crippen LogP contribution is 2.26. The molecule has 0 radical (unpaired) electrons. The number of nitrogens with zero attached hydrogens (tertiary/aromatic N) is 4. The molecule has 3 aromatic rings. The second-order valence-corrected chi connectivity index (χ2v) is 9.10. The summed E-state index contributed by atoms with van der Waals surface area (Å²) < 4.78 is 8.07. The molecular weight excluding hydrogens is 418 g/mol. The third kappa shape index (κ3) is 6.30. The van der Waals surface area contributed by atoms with Crippen molar-refractivity contribution in [2.24, 2.45) is 5.92 Å². The molecule has 30 heavy (non-hydrogen) atoms. The number of aromatic nitrogens is 4. The van der Waals surface area contributed by atoms with Crippen molar-refractivity contribution in [1.82, 2.24) is 19.7 Å². The number of aryl methyl sites for hydroxylation is 1. The smallest absolute Gasteiger partial charge is 0.223 e. The summed E-state index contributed by atoms with van der Waals surface area (Å²) in [5, 5.41) is 14.9. The van der Waals surface area contributed by atoms with Gasteiger partial charge in [-0.1, -0.05) is 44.7 Å². The summed E-state index contributed by atoms with van der Waals surface area (Å²) in [6.07, 6.45) is 1.01. The molecule has 0 saturated carbocycles. The van der Waals surface area contributed by atoms with E-state index in [2.05, 4.69) is 58.0 Å². The van der Waals surface area contributed by atoms with Crippen LogP contribution in [0.3, 0.4) is 0 Å². The summed E-state index contributed by atoms with van der Waals surface area (Å²) in [7, 11) is 0. The first-order chi connectivity index (χ1) is 14.4. The number of thiazole rings is 1. The van der Waals surface area contributed by atoms with Crippen LogP contribution in [0.4, 0.5) is 5.13 Å². The zero-order valence-electron chi connectivity index (χ0n) is 17.7. The predicted octanol–water partition coefficient (Wildman–Crippen LogP) is 4.78. The first kappa shape index (κ1) is 22.3. The molecule has 0 spiro atoms. The summed E-state index contributed by atoms with van der Waals surface area (Å²) in [5.41, 5.74) is 2.19. The Morgan fingerprint density at radius 2 is 2.03 bits per heavy atom. The zero-order chi connectivity index (χ0) is 21.5. The molecule has 0 aliphatic rings. The molecule has 3 rings (SSSR count). The molecule has 7 nitrogen and oxygen atoms in total. The summed E-state index contributed by atoms with van der Waals surface area (Å²) >= 11 is 3.01. The summed E-state index contributed by atoms with van der Waals surface area (Å²) in [5.74, 6) is 2.63. The van der Waals surface area contributed by atoms with Gasteiger partial charge in [0, 0.05) is 24.6 Å². The van der Waals surface area contributed by atoms with E-state index in [4.69, 9.17) is 4.74 Å². The maximum atomic E-state index is 11.2. The number of nitrogens with one attached hydrogen (secondary N) is 1. The lowest BCUT2D eigenvalue weighted by Gasteiger charge is -2.13. The van der Waals surface area contributed by atoms with Crippen molar-refractivity contribution >= 4 is 34.1 Å². The fraction of sp³-hybridized carbons (Fsp3) is 0.429. The lowest BCUT2D eigenvalue weighted by Crippen LogP contribution is -2.12. The van der Waals surface area contributed by atoms with Crippen LogP contribution in [0, 0.1) is 5.92 Å². The van der Waals surface area contributed by atoms with Gasteiger partial charge in [0.05, 0.1) is 5.69 Å². The Bertz CT molecular complexity index is 966. The molecule has 1 aromatic carbocycles. The van der Waals surface area contributed by atoms with E-state index in [0.29, 0.717) is 23.4 Å². The van der Waals surface area contributed by atoms with Gasteiger partial charge in [-0.3, -0.25) is 4.79 Å². The first-order valence-corrected chi connectivity index (χ1v) is 11.8. The number of carbonyl (C=O) groups is 1. The highest BCUT2D eigenvalue weighted by atomic mass is 32.2. The van der Waals surface area contributed by atoms with Crippen LogP contribution in [-0.4, -0.2) is 25.7 Å². The molecule has 2 aromatic heterocycles. The van der Waals surface area contributed by atoms with E-state index in [0.717, 1.165) is 35.4 Å². The predicted molar refractivity (Wildman–Crippen MR) is 121 cm³/mol. The average Bonchev–Trinajstić information content (AvgIpc) is 3.31. The Kier molecular flexibility index (Phi) is 7.87. The van der Waals surface area contributed by atoms with E-state index in [1.165, 1.54) is 23.8 Å². The van der Waals surface area contributed by atoms with Crippen LogP contribution < -0.4 is 10.1 Å². The molecule has 1 N–H and O–H groups in total. The van der Waals surface area contributed by atoms with Crippen molar-refractivity contribution in [3.63, 3.8) is 0 Å². The standard InChI is InChI=1S/C21H27N5O2S2/c1-5-16-6-8-18(9-7-16)28-11-19-24-25-21(26(19)10-14(2)3)30-13-17-12-29-20(23-17)22-15(4)27/h6-9,12,14H,5,10-11,13H2,1-4H3,(H,22,23,27). The van der Waals surface area contributed by atoms with Gasteiger partial charge in [0.25, 0.3) is 0 Å². The summed E-state index contributed by atoms with van der Waals surface area (Å²) in [4.78, 5) is 15.6. The van der Waals surface area contributed by atoms with E-state index in [-0.39, 0.29) is 5.91 Å². The van der Waals surface area contributed by atoms with E-state index < -0.39 is 0 Å². The van der Waals surface area contributed by atoms with Crippen LogP contribution in [0.5, 0.6) is 5.75 Å². The third-order valence-corrected chi connectivity index (χ3v) is 6.03. The fourth-order valence-corrected chi connectivity index (χ4v) is 4.49. The summed E-state index contributed by atoms with van der Waals surface area (Å²) in [6, 6.07) is 8.15. The molecule has 0 fully saturated rings. The molecule has 2 heterocycles. The van der Waals surface area contributed by atoms with Gasteiger partial charge in [0.15, 0.2) is 16.1 Å². The van der Waals surface area contributed by atoms with Gasteiger partial charge < -0.3 is 14.6 Å². The van der Waals surface area contributed by atoms with Gasteiger partial charge in [-0.2, -0.15) is 0 Å². The van der Waals surface area contributed by atoms with Crippen molar-refractivity contribution in [3.05, 3.63) is 46.7 Å². The van der Waals surface area contributed by atoms with Crippen molar-refractivity contribution in [2.75, 3.05) is 5.32 Å². The average molecular weight is 446 g/mol. The normalized spacial score (nSPS) is 11.1. The Labute approximate surface area is 185 Å². The van der Waals surface area contributed by atoms with E-state index in [1.807, 2.05) is 17.5 Å². The van der Waals surface area contributed by atoms with Crippen LogP contribution in [0.25, 0.3) is 0 Å². The van der Waals surface area contributed by atoms with Gasteiger partial charge in [-0.25, -0.2) is 4.98 Å². The van der Waals surface area contributed by atoms with E-state index >= 15 is 0 Å². The number of thioether (sulfide) groups is 1. The van der Waals surface area contributed by atoms with Gasteiger partial charge in [-0.05, 0) is 30.0 Å². The highest BCUT2D eigenvalue weighted by Gasteiger charge is 2.15. The number of anilines is 1. The molecule has 0 aliphatic heterocycles. The van der Waals surface area contributed by atoms with Crippen LogP contribution >= 0.6 is 23.1 Å². The Hall–Kier alpha value is -2.39. The minimum Gasteiger partial charge on any atom is -0.486 e. The maximum Gasteiger partial charge on any atom is 0.223 e. The topological polar surface area (TPSA) is 81.9 Å². The molecule has 1 amide bonds. The van der Waals surface area contributed by atoms with Crippen LogP contribution in [0.1, 0.15) is 44.8 Å². The molecule has 160 valence electrons. The lowest BCUT2D eigenvalue weighted by molar-refractivity contribution is -0.114. The summed E-state index contributed by atoms with van der Waals surface area (Å²) in [6.45, 7) is 9.14. The highest BCUT2D eigenvalue weighted by molar-refractivity contribution is 7.98. The van der Waals surface area contributed by atoms with Gasteiger partial charge in [-0.15, -0.1) is 21.5 Å². The first-order valence-electron chi connectivity index (χ1n) is 9.93. The zero-order valence-corrected chi connectivity index (χ0v) is 19.3. The Balaban J connectivity index is 1.66. The maximum absolute atomic E-state index is 11.2.